The number of hydrogen-bond acceptors (Lipinski definition) is 14. The maximum absolute atomic E-state index is 14.4. The number of rotatable bonds is 9. The van der Waals surface area contributed by atoms with E-state index in [1.165, 1.54) is 19.1 Å². The molecule has 0 aromatic heterocycles. The topological polar surface area (TPSA) is 205 Å². The van der Waals surface area contributed by atoms with Gasteiger partial charge >= 0.3 is 12.1 Å². The number of benzene rings is 1. The summed E-state index contributed by atoms with van der Waals surface area (Å²) >= 11 is 0. The number of fused-ring (bicyclic) bond motifs is 5. The van der Waals surface area contributed by atoms with E-state index < -0.39 is 88.3 Å². The lowest BCUT2D eigenvalue weighted by Crippen LogP contribution is -2.59. The molecule has 3 fully saturated rings. The first-order valence-corrected chi connectivity index (χ1v) is 20.5. The van der Waals surface area contributed by atoms with Crippen LogP contribution in [-0.2, 0) is 44.6 Å². The highest BCUT2D eigenvalue weighted by molar-refractivity contribution is 6.00. The second-order valence-corrected chi connectivity index (χ2v) is 17.2. The molecule has 2 bridgehead atoms. The van der Waals surface area contributed by atoms with Crippen molar-refractivity contribution in [2.24, 2.45) is 23.7 Å². The van der Waals surface area contributed by atoms with E-state index >= 15 is 0 Å². The Bertz CT molecular complexity index is 1680. The molecular formula is C43H65N3O13. The summed E-state index contributed by atoms with van der Waals surface area (Å²) in [6, 6.07) is 5.47. The van der Waals surface area contributed by atoms with E-state index in [-0.39, 0.29) is 57.0 Å². The van der Waals surface area contributed by atoms with E-state index in [2.05, 4.69) is 11.9 Å². The lowest BCUT2D eigenvalue weighted by Gasteiger charge is -2.47. The third kappa shape index (κ3) is 11.5. The Hall–Kier alpha value is -3.77. The Morgan fingerprint density at radius 3 is 2.37 bits per heavy atom. The zero-order valence-corrected chi connectivity index (χ0v) is 36.2. The number of Topliss-reactive ketones (excluding diaryl/α,β-unsaturated/α-hetero) is 1. The number of aliphatic hydroxyl groups excluding tert-OH is 1. The van der Waals surface area contributed by atoms with Gasteiger partial charge in [0.2, 0.25) is 0 Å². The normalized spacial score (nSPS) is 37.2. The zero-order chi connectivity index (χ0) is 44.0. The Morgan fingerprint density at radius 2 is 1.76 bits per heavy atom. The Labute approximate surface area is 347 Å². The maximum atomic E-state index is 14.4. The summed E-state index contributed by atoms with van der Waals surface area (Å²) in [4.78, 5) is 53.5. The second kappa shape index (κ2) is 20.2. The molecule has 0 aliphatic carbocycles. The predicted molar refractivity (Wildman–Crippen MR) is 217 cm³/mol. The third-order valence-corrected chi connectivity index (χ3v) is 12.2. The number of ether oxygens (including phenoxy) is 6. The van der Waals surface area contributed by atoms with Crippen LogP contribution in [0.1, 0.15) is 80.2 Å². The Kier molecular flexibility index (Phi) is 16.4. The molecule has 3 N–H and O–H groups in total. The highest BCUT2D eigenvalue weighted by atomic mass is 16.7. The standard InChI is InChI=1S/C43H65N3O13/c1-12-34-43(9,51)38-27(5)32(17-18-54-41(50)44-21-30-13-15-31(16-14-30)46(52)53)25(3)20-42(8,56-23-24(2)22-55-38)37(28(6)35(47)29(7)39(49)58-34)59-40-36(48)33(45(10)11)19-26(4)57-40/h13-17,25-29,33-34,36-38,40,48,51H,2,12,18-23H2,1,3-11H3,(H,44,50)/b32-17+/t25-,26-,27+,28-,29-,33+,34-,36-,37-,38-,40+,42-,43-/m1/s1. The summed E-state index contributed by atoms with van der Waals surface area (Å²) in [5.74, 6) is -4.48. The summed E-state index contributed by atoms with van der Waals surface area (Å²) < 4.78 is 37.8. The fraction of sp³-hybridized carbons (Fsp3) is 0.698. The minimum Gasteiger partial charge on any atom is -0.459 e. The zero-order valence-electron chi connectivity index (χ0n) is 36.2. The Balaban J connectivity index is 1.79. The number of carbonyl (C=O) groups excluding carboxylic acids is 3. The molecule has 3 aliphatic rings. The minimum atomic E-state index is -1.78. The van der Waals surface area contributed by atoms with Crippen molar-refractivity contribution in [3.05, 3.63) is 63.7 Å². The van der Waals surface area contributed by atoms with Crippen molar-refractivity contribution < 1.29 is 57.9 Å². The molecule has 0 radical (unpaired) electrons. The molecule has 1 amide bonds. The number of nitro groups is 1. The van der Waals surface area contributed by atoms with Gasteiger partial charge in [-0.2, -0.15) is 0 Å². The molecule has 13 atom stereocenters. The lowest BCUT2D eigenvalue weighted by molar-refractivity contribution is -0.384. The van der Waals surface area contributed by atoms with Crippen LogP contribution in [0.15, 0.2) is 48.1 Å². The van der Waals surface area contributed by atoms with Crippen LogP contribution in [0.2, 0.25) is 0 Å². The molecule has 0 unspecified atom stereocenters. The first-order chi connectivity index (χ1) is 27.6. The average Bonchev–Trinajstić information content (AvgIpc) is 3.19. The number of nitrogens with zero attached hydrogens (tertiary/aromatic N) is 2. The van der Waals surface area contributed by atoms with Gasteiger partial charge in [-0.25, -0.2) is 4.79 Å². The van der Waals surface area contributed by atoms with E-state index in [0.29, 0.717) is 17.6 Å². The van der Waals surface area contributed by atoms with Crippen molar-refractivity contribution in [1.29, 1.82) is 0 Å². The molecule has 1 aromatic rings. The molecule has 0 saturated carbocycles. The number of hydrogen-bond donors (Lipinski definition) is 3. The van der Waals surface area contributed by atoms with Crippen LogP contribution in [0.25, 0.3) is 0 Å². The lowest BCUT2D eigenvalue weighted by atomic mass is 9.72. The van der Waals surface area contributed by atoms with Gasteiger partial charge in [-0.3, -0.25) is 19.7 Å². The van der Waals surface area contributed by atoms with Crippen LogP contribution >= 0.6 is 0 Å². The highest BCUT2D eigenvalue weighted by Gasteiger charge is 2.52. The van der Waals surface area contributed by atoms with Gasteiger partial charge in [0.1, 0.15) is 30.3 Å². The predicted octanol–water partition coefficient (Wildman–Crippen LogP) is 4.88. The molecule has 3 aliphatic heterocycles. The smallest absolute Gasteiger partial charge is 0.407 e. The number of non-ortho nitro benzene ring substituents is 1. The number of cyclic esters (lactones) is 1. The van der Waals surface area contributed by atoms with Gasteiger partial charge in [0.25, 0.3) is 5.69 Å². The molecule has 1 aromatic carbocycles. The molecule has 4 rings (SSSR count). The van der Waals surface area contributed by atoms with Crippen molar-refractivity contribution in [3.8, 4) is 0 Å². The largest absolute Gasteiger partial charge is 0.459 e. The van der Waals surface area contributed by atoms with Gasteiger partial charge in [0.15, 0.2) is 12.1 Å². The molecule has 3 heterocycles. The summed E-state index contributed by atoms with van der Waals surface area (Å²) in [7, 11) is 3.73. The van der Waals surface area contributed by atoms with Crippen LogP contribution in [0, 0.1) is 33.8 Å². The first kappa shape index (κ1) is 47.9. The molecule has 16 heteroatoms. The van der Waals surface area contributed by atoms with Crippen molar-refractivity contribution >= 4 is 23.5 Å². The maximum Gasteiger partial charge on any atom is 0.407 e. The summed E-state index contributed by atoms with van der Waals surface area (Å²) in [5, 5.41) is 37.6. The van der Waals surface area contributed by atoms with E-state index in [0.717, 1.165) is 5.57 Å². The number of amides is 1. The summed E-state index contributed by atoms with van der Waals surface area (Å²) in [6.07, 6.45) is -3.67. The number of esters is 1. The van der Waals surface area contributed by atoms with Crippen molar-refractivity contribution in [3.63, 3.8) is 0 Å². The minimum absolute atomic E-state index is 0.00266. The van der Waals surface area contributed by atoms with Gasteiger partial charge in [-0.1, -0.05) is 52.0 Å². The number of nitro benzene ring substituents is 1. The van der Waals surface area contributed by atoms with Crippen LogP contribution in [-0.4, -0.2) is 126 Å². The van der Waals surface area contributed by atoms with E-state index in [1.54, 1.807) is 39.0 Å². The molecule has 16 nitrogen and oxygen atoms in total. The highest BCUT2D eigenvalue weighted by Crippen LogP contribution is 2.42. The number of carbonyl (C=O) groups is 3. The van der Waals surface area contributed by atoms with Gasteiger partial charge in [0, 0.05) is 36.6 Å². The average molecular weight is 832 g/mol. The first-order valence-electron chi connectivity index (χ1n) is 20.5. The quantitative estimate of drug-likeness (QED) is 0.0998. The summed E-state index contributed by atoms with van der Waals surface area (Å²) in [6.45, 7) is 18.1. The van der Waals surface area contributed by atoms with Gasteiger partial charge in [-0.05, 0) is 84.2 Å². The van der Waals surface area contributed by atoms with Crippen molar-refractivity contribution in [2.45, 2.75) is 135 Å². The Morgan fingerprint density at radius 1 is 1.10 bits per heavy atom. The van der Waals surface area contributed by atoms with Gasteiger partial charge < -0.3 is 48.9 Å². The van der Waals surface area contributed by atoms with E-state index in [1.807, 2.05) is 46.7 Å². The SMILES string of the molecule is C=C1CO[C@@H]2[C@@H](C)/C(=C/COC(=O)NCc3ccc([N+](=O)[O-])cc3)[C@H](C)C[C@@](C)(OC1)[C@H](O[C@@H]1O[C@H](C)C[C@H](N(C)C)[C@H]1O)[C@H](C)C(=O)[C@@H](C)C(=O)O[C@H](CC)[C@@]2(C)O. The fourth-order valence-corrected chi connectivity index (χ4v) is 8.79. The van der Waals surface area contributed by atoms with Crippen LogP contribution in [0.3, 0.4) is 0 Å². The monoisotopic (exact) mass is 831 g/mol. The van der Waals surface area contributed by atoms with Gasteiger partial charge in [-0.15, -0.1) is 0 Å². The van der Waals surface area contributed by atoms with E-state index in [4.69, 9.17) is 28.4 Å². The fourth-order valence-electron chi connectivity index (χ4n) is 8.79. The van der Waals surface area contributed by atoms with Gasteiger partial charge in [0.05, 0.1) is 42.1 Å². The molecule has 59 heavy (non-hydrogen) atoms. The second-order valence-electron chi connectivity index (χ2n) is 17.2. The molecule has 3 saturated heterocycles. The molecule has 0 spiro atoms. The number of alkyl carbamates (subject to hydrolysis) is 1. The number of likely N-dealkylation sites (N-methyl/N-ethyl adjacent to an activating group) is 1. The van der Waals surface area contributed by atoms with Crippen LogP contribution < -0.4 is 5.32 Å². The summed E-state index contributed by atoms with van der Waals surface area (Å²) in [5.41, 5.74) is -1.24. The molecular weight excluding hydrogens is 766 g/mol. The van der Waals surface area contributed by atoms with Crippen molar-refractivity contribution in [2.75, 3.05) is 33.9 Å². The number of ketones is 1. The number of nitrogens with one attached hydrogen (secondary N) is 1. The van der Waals surface area contributed by atoms with Crippen molar-refractivity contribution in [1.82, 2.24) is 10.2 Å². The molecule has 330 valence electrons. The number of aliphatic hydroxyl groups is 2. The van der Waals surface area contributed by atoms with Crippen LogP contribution in [0.4, 0.5) is 10.5 Å². The van der Waals surface area contributed by atoms with E-state index in [9.17, 15) is 34.7 Å². The third-order valence-electron chi connectivity index (χ3n) is 12.2. The van der Waals surface area contributed by atoms with Crippen LogP contribution in [0.5, 0.6) is 0 Å².